The van der Waals surface area contributed by atoms with Crippen LogP contribution in [0.3, 0.4) is 0 Å². The van der Waals surface area contributed by atoms with Crippen molar-refractivity contribution in [3.05, 3.63) is 10.7 Å². The van der Waals surface area contributed by atoms with E-state index in [1.807, 2.05) is 6.92 Å². The predicted molar refractivity (Wildman–Crippen MR) is 79.8 cm³/mol. The van der Waals surface area contributed by atoms with Gasteiger partial charge in [0.2, 0.25) is 11.8 Å². The minimum atomic E-state index is 0.0116. The third-order valence-electron chi connectivity index (χ3n) is 3.47. The molecule has 1 saturated heterocycles. The number of ether oxygens (including phenoxy) is 1. The zero-order valence-corrected chi connectivity index (χ0v) is 13.3. The Morgan fingerprint density at radius 2 is 2.15 bits per heavy atom. The van der Waals surface area contributed by atoms with Crippen molar-refractivity contribution in [2.45, 2.75) is 19.4 Å². The summed E-state index contributed by atoms with van der Waals surface area (Å²) in [6.45, 7) is 5.40. The number of methoxy groups -OCH3 is 1. The molecule has 2 rings (SSSR count). The largest absolute Gasteiger partial charge is 0.480 e. The highest BCUT2D eigenvalue weighted by Gasteiger charge is 2.24. The van der Waals surface area contributed by atoms with E-state index in [-0.39, 0.29) is 6.04 Å². The number of nitriles is 1. The molecule has 0 amide bonds. The number of rotatable bonds is 4. The average Bonchev–Trinajstić information content (AvgIpc) is 2.50. The van der Waals surface area contributed by atoms with Crippen molar-refractivity contribution in [1.82, 2.24) is 14.9 Å². The minimum absolute atomic E-state index is 0.0116. The molecule has 0 aliphatic carbocycles. The first-order valence-electron chi connectivity index (χ1n) is 6.64. The normalized spacial score (nSPS) is 17.6. The van der Waals surface area contributed by atoms with Crippen LogP contribution in [0, 0.1) is 11.3 Å². The number of piperazine rings is 1. The Morgan fingerprint density at radius 1 is 1.45 bits per heavy atom. The van der Waals surface area contributed by atoms with E-state index in [0.29, 0.717) is 11.8 Å². The average molecular weight is 340 g/mol. The van der Waals surface area contributed by atoms with Crippen LogP contribution in [-0.2, 0) is 0 Å². The summed E-state index contributed by atoms with van der Waals surface area (Å²) in [6, 6.07) is 2.36. The number of nitrogens with zero attached hydrogens (tertiary/aromatic N) is 5. The quantitative estimate of drug-likeness (QED) is 0.831. The summed E-state index contributed by atoms with van der Waals surface area (Å²) < 4.78 is 5.94. The summed E-state index contributed by atoms with van der Waals surface area (Å²) in [7, 11) is 1.59. The third-order valence-corrected chi connectivity index (χ3v) is 4.01. The van der Waals surface area contributed by atoms with Gasteiger partial charge in [-0.25, -0.2) is 4.98 Å². The SMILES string of the molecule is CCC(C#N)N1CCN(c2ncc(Br)c(OC)n2)CC1. The zero-order valence-electron chi connectivity index (χ0n) is 11.7. The molecule has 1 aliphatic heterocycles. The molecule has 1 aliphatic rings. The van der Waals surface area contributed by atoms with Crippen molar-refractivity contribution in [2.75, 3.05) is 38.2 Å². The minimum Gasteiger partial charge on any atom is -0.480 e. The van der Waals surface area contributed by atoms with Gasteiger partial charge in [0.25, 0.3) is 0 Å². The summed E-state index contributed by atoms with van der Waals surface area (Å²) in [6.07, 6.45) is 2.57. The van der Waals surface area contributed by atoms with Gasteiger partial charge in [-0.3, -0.25) is 4.90 Å². The van der Waals surface area contributed by atoms with Gasteiger partial charge >= 0.3 is 0 Å². The van der Waals surface area contributed by atoms with E-state index in [0.717, 1.165) is 37.1 Å². The lowest BCUT2D eigenvalue weighted by atomic mass is 10.2. The fraction of sp³-hybridized carbons (Fsp3) is 0.615. The lowest BCUT2D eigenvalue weighted by molar-refractivity contribution is 0.215. The second-order valence-corrected chi connectivity index (χ2v) is 5.46. The molecule has 0 radical (unpaired) electrons. The van der Waals surface area contributed by atoms with E-state index in [1.165, 1.54) is 0 Å². The summed E-state index contributed by atoms with van der Waals surface area (Å²) in [5, 5.41) is 9.11. The second kappa shape index (κ2) is 6.86. The van der Waals surface area contributed by atoms with Crippen molar-refractivity contribution in [1.29, 1.82) is 5.26 Å². The molecule has 0 spiro atoms. The molecular weight excluding hydrogens is 322 g/mol. The molecule has 2 heterocycles. The Kier molecular flexibility index (Phi) is 5.15. The molecule has 1 fully saturated rings. The molecular formula is C13H18BrN5O. The van der Waals surface area contributed by atoms with Crippen LogP contribution in [0.15, 0.2) is 10.7 Å². The Hall–Kier alpha value is -1.39. The van der Waals surface area contributed by atoms with Crippen molar-refractivity contribution >= 4 is 21.9 Å². The number of hydrogen-bond acceptors (Lipinski definition) is 6. The van der Waals surface area contributed by atoms with Crippen molar-refractivity contribution < 1.29 is 4.74 Å². The summed E-state index contributed by atoms with van der Waals surface area (Å²) in [4.78, 5) is 13.0. The van der Waals surface area contributed by atoms with Gasteiger partial charge in [-0.15, -0.1) is 0 Å². The van der Waals surface area contributed by atoms with E-state index in [1.54, 1.807) is 13.3 Å². The van der Waals surface area contributed by atoms with E-state index < -0.39 is 0 Å². The molecule has 0 aromatic carbocycles. The second-order valence-electron chi connectivity index (χ2n) is 4.60. The molecule has 0 bridgehead atoms. The fourth-order valence-corrected chi connectivity index (χ4v) is 2.66. The molecule has 108 valence electrons. The highest BCUT2D eigenvalue weighted by Crippen LogP contribution is 2.24. The van der Waals surface area contributed by atoms with E-state index in [9.17, 15) is 0 Å². The highest BCUT2D eigenvalue weighted by molar-refractivity contribution is 9.10. The summed E-state index contributed by atoms with van der Waals surface area (Å²) >= 11 is 3.35. The maximum Gasteiger partial charge on any atom is 0.232 e. The maximum absolute atomic E-state index is 9.11. The van der Waals surface area contributed by atoms with Gasteiger partial charge in [0.05, 0.1) is 29.9 Å². The van der Waals surface area contributed by atoms with Crippen LogP contribution in [0.4, 0.5) is 5.95 Å². The Bertz CT molecular complexity index is 496. The van der Waals surface area contributed by atoms with Gasteiger partial charge in [-0.1, -0.05) is 6.92 Å². The zero-order chi connectivity index (χ0) is 14.5. The molecule has 0 N–H and O–H groups in total. The van der Waals surface area contributed by atoms with Gasteiger partial charge in [0.15, 0.2) is 0 Å². The number of hydrogen-bond donors (Lipinski definition) is 0. The predicted octanol–water partition coefficient (Wildman–Crippen LogP) is 1.67. The number of anilines is 1. The lowest BCUT2D eigenvalue weighted by Crippen LogP contribution is -2.50. The first kappa shape index (κ1) is 15.0. The topological polar surface area (TPSA) is 65.3 Å². The standard InChI is InChI=1S/C13H18BrN5O/c1-3-10(8-15)18-4-6-19(7-5-18)13-16-9-11(14)12(17-13)20-2/h9-10H,3-7H2,1-2H3. The Balaban J connectivity index is 2.02. The van der Waals surface area contributed by atoms with E-state index >= 15 is 0 Å². The Morgan fingerprint density at radius 3 is 2.70 bits per heavy atom. The molecule has 7 heteroatoms. The van der Waals surface area contributed by atoms with Crippen LogP contribution in [-0.4, -0.2) is 54.2 Å². The third kappa shape index (κ3) is 3.19. The fourth-order valence-electron chi connectivity index (χ4n) is 2.30. The Labute approximate surface area is 127 Å². The molecule has 1 aromatic rings. The van der Waals surface area contributed by atoms with Gasteiger partial charge in [-0.2, -0.15) is 10.2 Å². The van der Waals surface area contributed by atoms with Gasteiger partial charge in [0, 0.05) is 26.2 Å². The van der Waals surface area contributed by atoms with Gasteiger partial charge < -0.3 is 9.64 Å². The molecule has 6 nitrogen and oxygen atoms in total. The summed E-state index contributed by atoms with van der Waals surface area (Å²) in [5.74, 6) is 1.22. The molecule has 1 unspecified atom stereocenters. The van der Waals surface area contributed by atoms with Crippen LogP contribution in [0.25, 0.3) is 0 Å². The molecule has 1 aromatic heterocycles. The molecule has 20 heavy (non-hydrogen) atoms. The van der Waals surface area contributed by atoms with E-state index in [4.69, 9.17) is 10.00 Å². The van der Waals surface area contributed by atoms with Crippen LogP contribution >= 0.6 is 15.9 Å². The first-order chi connectivity index (χ1) is 9.69. The molecule has 0 saturated carbocycles. The van der Waals surface area contributed by atoms with Gasteiger partial charge in [-0.05, 0) is 22.4 Å². The van der Waals surface area contributed by atoms with E-state index in [2.05, 4.69) is 41.8 Å². The van der Waals surface area contributed by atoms with Crippen molar-refractivity contribution in [3.63, 3.8) is 0 Å². The number of halogens is 1. The van der Waals surface area contributed by atoms with Crippen LogP contribution in [0.2, 0.25) is 0 Å². The highest BCUT2D eigenvalue weighted by atomic mass is 79.9. The smallest absolute Gasteiger partial charge is 0.232 e. The lowest BCUT2D eigenvalue weighted by Gasteiger charge is -2.36. The summed E-state index contributed by atoms with van der Waals surface area (Å²) in [5.41, 5.74) is 0. The molecule has 1 atom stereocenters. The van der Waals surface area contributed by atoms with Crippen molar-refractivity contribution in [3.8, 4) is 11.9 Å². The first-order valence-corrected chi connectivity index (χ1v) is 7.44. The van der Waals surface area contributed by atoms with Crippen LogP contribution in [0.1, 0.15) is 13.3 Å². The van der Waals surface area contributed by atoms with Crippen LogP contribution in [0.5, 0.6) is 5.88 Å². The maximum atomic E-state index is 9.11. The van der Waals surface area contributed by atoms with Crippen LogP contribution < -0.4 is 9.64 Å². The monoisotopic (exact) mass is 339 g/mol. The van der Waals surface area contributed by atoms with Crippen molar-refractivity contribution in [2.24, 2.45) is 0 Å². The van der Waals surface area contributed by atoms with Gasteiger partial charge in [0.1, 0.15) is 0 Å². The number of aromatic nitrogens is 2.